The first kappa shape index (κ1) is 18.8. The molecule has 2 amide bonds. The third kappa shape index (κ3) is 4.07. The van der Waals surface area contributed by atoms with Crippen LogP contribution in [0.25, 0.3) is 11.2 Å². The molecule has 3 heterocycles. The van der Waals surface area contributed by atoms with Crippen molar-refractivity contribution in [3.8, 4) is 0 Å². The van der Waals surface area contributed by atoms with Gasteiger partial charge in [-0.1, -0.05) is 6.58 Å². The molecule has 0 spiro atoms. The molecule has 1 saturated heterocycles. The van der Waals surface area contributed by atoms with Crippen molar-refractivity contribution in [2.75, 3.05) is 18.4 Å². The fourth-order valence-electron chi connectivity index (χ4n) is 3.06. The molecule has 1 aliphatic heterocycles. The average molecular weight is 374 g/mol. The van der Waals surface area contributed by atoms with Crippen molar-refractivity contribution in [2.45, 2.75) is 38.5 Å². The molecule has 144 valence electrons. The summed E-state index contributed by atoms with van der Waals surface area (Å²) in [7, 11) is 0. The van der Waals surface area contributed by atoms with Gasteiger partial charge in [-0.25, -0.2) is 14.4 Å². The Hall–Kier alpha value is -2.97. The van der Waals surface area contributed by atoms with E-state index < -0.39 is 12.2 Å². The van der Waals surface area contributed by atoms with Crippen molar-refractivity contribution in [1.82, 2.24) is 25.2 Å². The lowest BCUT2D eigenvalue weighted by molar-refractivity contribution is -0.128. The Morgan fingerprint density at radius 2 is 2.26 bits per heavy atom. The smallest absolute Gasteiger partial charge is 0.255 e. The summed E-state index contributed by atoms with van der Waals surface area (Å²) in [5.74, 6) is -0.135. The van der Waals surface area contributed by atoms with Crippen LogP contribution in [0.15, 0.2) is 25.0 Å². The average Bonchev–Trinajstić information content (AvgIpc) is 3.05. The van der Waals surface area contributed by atoms with E-state index in [0.29, 0.717) is 35.5 Å². The largest absolute Gasteiger partial charge is 0.363 e. The van der Waals surface area contributed by atoms with Crippen LogP contribution in [0.1, 0.15) is 30.6 Å². The topological polar surface area (TPSA) is 103 Å². The Bertz CT molecular complexity index is 865. The summed E-state index contributed by atoms with van der Waals surface area (Å²) in [4.78, 5) is 37.0. The number of rotatable bonds is 5. The SMILES string of the molecule is C=CC(=O)N1CC[C@@H](Nc2cnc3[nH]cc(C(=O)NC(C)C)c3n2)[C@@H](F)C1. The zero-order valence-corrected chi connectivity index (χ0v) is 15.3. The first-order chi connectivity index (χ1) is 12.9. The minimum atomic E-state index is -1.24. The van der Waals surface area contributed by atoms with Gasteiger partial charge >= 0.3 is 0 Å². The van der Waals surface area contributed by atoms with Gasteiger partial charge in [0, 0.05) is 18.8 Å². The summed E-state index contributed by atoms with van der Waals surface area (Å²) in [6, 6.07) is -0.495. The molecule has 9 heteroatoms. The summed E-state index contributed by atoms with van der Waals surface area (Å²) in [5.41, 5.74) is 1.29. The van der Waals surface area contributed by atoms with Gasteiger partial charge in [0.1, 0.15) is 17.5 Å². The molecule has 0 unspecified atom stereocenters. The molecule has 2 aromatic heterocycles. The number of fused-ring (bicyclic) bond motifs is 1. The number of carbonyl (C=O) groups is 2. The molecule has 0 radical (unpaired) electrons. The maximum atomic E-state index is 14.5. The summed E-state index contributed by atoms with van der Waals surface area (Å²) < 4.78 is 14.5. The van der Waals surface area contributed by atoms with Gasteiger partial charge in [0.05, 0.1) is 24.3 Å². The van der Waals surface area contributed by atoms with Crippen LogP contribution in [0.4, 0.5) is 10.2 Å². The van der Waals surface area contributed by atoms with Crippen LogP contribution in [0.5, 0.6) is 0 Å². The number of nitrogens with one attached hydrogen (secondary N) is 3. The normalized spacial score (nSPS) is 19.9. The maximum absolute atomic E-state index is 14.5. The summed E-state index contributed by atoms with van der Waals surface area (Å²) >= 11 is 0. The highest BCUT2D eigenvalue weighted by molar-refractivity contribution is 6.04. The molecule has 0 saturated carbocycles. The molecule has 2 atom stereocenters. The van der Waals surface area contributed by atoms with Crippen molar-refractivity contribution in [3.05, 3.63) is 30.6 Å². The molecule has 27 heavy (non-hydrogen) atoms. The molecule has 2 aromatic rings. The third-order valence-electron chi connectivity index (χ3n) is 4.41. The van der Waals surface area contributed by atoms with Crippen LogP contribution in [0.2, 0.25) is 0 Å². The number of aromatic nitrogens is 3. The number of hydrogen-bond donors (Lipinski definition) is 3. The quantitative estimate of drug-likeness (QED) is 0.691. The number of piperidine rings is 1. The molecular weight excluding hydrogens is 351 g/mol. The predicted octanol–water partition coefficient (Wildman–Crippen LogP) is 1.63. The highest BCUT2D eigenvalue weighted by Gasteiger charge is 2.31. The van der Waals surface area contributed by atoms with E-state index in [1.165, 1.54) is 17.2 Å². The van der Waals surface area contributed by atoms with E-state index in [-0.39, 0.29) is 24.4 Å². The number of aromatic amines is 1. The van der Waals surface area contributed by atoms with Crippen molar-refractivity contribution in [3.63, 3.8) is 0 Å². The number of likely N-dealkylation sites (tertiary alicyclic amines) is 1. The Kier molecular flexibility index (Phi) is 5.38. The van der Waals surface area contributed by atoms with Crippen LogP contribution < -0.4 is 10.6 Å². The molecule has 1 fully saturated rings. The van der Waals surface area contributed by atoms with Gasteiger partial charge < -0.3 is 20.5 Å². The van der Waals surface area contributed by atoms with Gasteiger partial charge in [0.25, 0.3) is 5.91 Å². The zero-order chi connectivity index (χ0) is 19.6. The number of hydrogen-bond acceptors (Lipinski definition) is 5. The van der Waals surface area contributed by atoms with Crippen LogP contribution in [-0.2, 0) is 4.79 Å². The maximum Gasteiger partial charge on any atom is 0.255 e. The Morgan fingerprint density at radius 1 is 1.48 bits per heavy atom. The second kappa shape index (κ2) is 7.73. The van der Waals surface area contributed by atoms with Crippen LogP contribution in [0.3, 0.4) is 0 Å². The first-order valence-corrected chi connectivity index (χ1v) is 8.86. The minimum Gasteiger partial charge on any atom is -0.363 e. The Labute approximate surface area is 156 Å². The molecule has 0 bridgehead atoms. The minimum absolute atomic E-state index is 0.00436. The summed E-state index contributed by atoms with van der Waals surface area (Å²) in [6.07, 6.45) is 3.44. The molecule has 0 aliphatic carbocycles. The lowest BCUT2D eigenvalue weighted by atomic mass is 10.0. The van der Waals surface area contributed by atoms with E-state index in [2.05, 4.69) is 32.2 Å². The lowest BCUT2D eigenvalue weighted by Crippen LogP contribution is -2.49. The van der Waals surface area contributed by atoms with Crippen molar-refractivity contribution in [1.29, 1.82) is 0 Å². The Morgan fingerprint density at radius 3 is 2.93 bits per heavy atom. The second-order valence-electron chi connectivity index (χ2n) is 6.83. The van der Waals surface area contributed by atoms with Crippen molar-refractivity contribution < 1.29 is 14.0 Å². The summed E-state index contributed by atoms with van der Waals surface area (Å²) in [6.45, 7) is 7.61. The van der Waals surface area contributed by atoms with Gasteiger partial charge in [-0.05, 0) is 26.3 Å². The van der Waals surface area contributed by atoms with Crippen LogP contribution in [0, 0.1) is 0 Å². The number of H-pyrrole nitrogens is 1. The van der Waals surface area contributed by atoms with Crippen LogP contribution in [-0.4, -0.2) is 63.0 Å². The number of halogens is 1. The predicted molar refractivity (Wildman–Crippen MR) is 100 cm³/mol. The highest BCUT2D eigenvalue weighted by Crippen LogP contribution is 2.21. The van der Waals surface area contributed by atoms with E-state index in [9.17, 15) is 14.0 Å². The summed E-state index contributed by atoms with van der Waals surface area (Å²) in [5, 5.41) is 5.85. The molecule has 1 aliphatic rings. The van der Waals surface area contributed by atoms with Crippen LogP contribution >= 0.6 is 0 Å². The Balaban J connectivity index is 1.75. The number of nitrogens with zero attached hydrogens (tertiary/aromatic N) is 3. The fraction of sp³-hybridized carbons (Fsp3) is 0.444. The zero-order valence-electron chi connectivity index (χ0n) is 15.3. The van der Waals surface area contributed by atoms with Gasteiger partial charge in [0.2, 0.25) is 5.91 Å². The van der Waals surface area contributed by atoms with Crippen molar-refractivity contribution >= 4 is 28.8 Å². The molecule has 3 N–H and O–H groups in total. The number of carbonyl (C=O) groups excluding carboxylic acids is 2. The molecule has 8 nitrogen and oxygen atoms in total. The number of amides is 2. The van der Waals surface area contributed by atoms with Gasteiger partial charge in [-0.2, -0.15) is 0 Å². The van der Waals surface area contributed by atoms with Gasteiger partial charge in [0.15, 0.2) is 5.65 Å². The van der Waals surface area contributed by atoms with Gasteiger partial charge in [-0.15, -0.1) is 0 Å². The highest BCUT2D eigenvalue weighted by atomic mass is 19.1. The first-order valence-electron chi connectivity index (χ1n) is 8.86. The van der Waals surface area contributed by atoms with E-state index in [4.69, 9.17) is 0 Å². The third-order valence-corrected chi connectivity index (χ3v) is 4.41. The molecule has 0 aromatic carbocycles. The monoisotopic (exact) mass is 374 g/mol. The molecule has 3 rings (SSSR count). The van der Waals surface area contributed by atoms with E-state index in [1.54, 1.807) is 6.20 Å². The fourth-order valence-corrected chi connectivity index (χ4v) is 3.06. The van der Waals surface area contributed by atoms with E-state index in [1.807, 2.05) is 13.8 Å². The standard InChI is InChI=1S/C18H23FN6O2/c1-4-15(26)25-6-5-13(12(19)9-25)23-14-8-21-17-16(24-14)11(7-20-17)18(27)22-10(2)3/h4,7-8,10,12-13H,1,5-6,9H2,2-3H3,(H,20,21)(H,22,27)(H,23,24)/t12-,13+/m0/s1. The lowest BCUT2D eigenvalue weighted by Gasteiger charge is -2.34. The second-order valence-corrected chi connectivity index (χ2v) is 6.83. The van der Waals surface area contributed by atoms with Gasteiger partial charge in [-0.3, -0.25) is 9.59 Å². The van der Waals surface area contributed by atoms with E-state index in [0.717, 1.165) is 0 Å². The van der Waals surface area contributed by atoms with Crippen molar-refractivity contribution in [2.24, 2.45) is 0 Å². The number of anilines is 1. The molecular formula is C18H23FN6O2. The number of alkyl halides is 1. The van der Waals surface area contributed by atoms with E-state index >= 15 is 0 Å².